The number of urea groups is 1. The minimum absolute atomic E-state index is 0.0466. The summed E-state index contributed by atoms with van der Waals surface area (Å²) in [4.78, 5) is 18.4. The smallest absolute Gasteiger partial charge is 0.314 e. The maximum Gasteiger partial charge on any atom is 0.314 e. The number of amides is 2. The molecule has 2 N–H and O–H groups in total. The van der Waals surface area contributed by atoms with Crippen LogP contribution in [0, 0.1) is 5.92 Å². The second-order valence-electron chi connectivity index (χ2n) is 6.86. The fourth-order valence-electron chi connectivity index (χ4n) is 3.39. The SMILES string of the molecule is O=C(NCCCc1ccccc1)NCC1CCN(c2ccncc2)CC1. The van der Waals surface area contributed by atoms with Crippen LogP contribution in [-0.4, -0.2) is 37.2 Å². The van der Waals surface area contributed by atoms with E-state index in [0.29, 0.717) is 12.5 Å². The Bertz CT molecular complexity index is 654. The van der Waals surface area contributed by atoms with Crippen molar-refractivity contribution >= 4 is 11.7 Å². The Kier molecular flexibility index (Phi) is 6.88. The molecule has 0 spiro atoms. The third kappa shape index (κ3) is 5.76. The van der Waals surface area contributed by atoms with Crippen LogP contribution in [-0.2, 0) is 6.42 Å². The maximum absolute atomic E-state index is 11.9. The average Bonchev–Trinajstić information content (AvgIpc) is 2.71. The van der Waals surface area contributed by atoms with Crippen molar-refractivity contribution in [3.05, 3.63) is 60.4 Å². The molecule has 1 aliphatic rings. The predicted octanol–water partition coefficient (Wildman–Crippen LogP) is 3.23. The number of aromatic nitrogens is 1. The van der Waals surface area contributed by atoms with Crippen molar-refractivity contribution in [1.82, 2.24) is 15.6 Å². The largest absolute Gasteiger partial charge is 0.371 e. The van der Waals surface area contributed by atoms with Gasteiger partial charge in [0.15, 0.2) is 0 Å². The fourth-order valence-corrected chi connectivity index (χ4v) is 3.39. The number of carbonyl (C=O) groups excluding carboxylic acids is 1. The van der Waals surface area contributed by atoms with Gasteiger partial charge in [-0.05, 0) is 49.3 Å². The van der Waals surface area contributed by atoms with Crippen LogP contribution < -0.4 is 15.5 Å². The molecule has 0 radical (unpaired) electrons. The predicted molar refractivity (Wildman–Crippen MR) is 105 cm³/mol. The third-order valence-electron chi connectivity index (χ3n) is 4.96. The standard InChI is InChI=1S/C21H28N4O/c26-21(23-12-4-7-18-5-2-1-3-6-18)24-17-19-10-15-25(16-11-19)20-8-13-22-14-9-20/h1-3,5-6,8-9,13-14,19H,4,7,10-12,15-17H2,(H2,23,24,26). The van der Waals surface area contributed by atoms with E-state index >= 15 is 0 Å². The summed E-state index contributed by atoms with van der Waals surface area (Å²) in [5.41, 5.74) is 2.55. The summed E-state index contributed by atoms with van der Waals surface area (Å²) in [5, 5.41) is 5.99. The molecule has 138 valence electrons. The van der Waals surface area contributed by atoms with E-state index in [0.717, 1.165) is 45.3 Å². The number of pyridine rings is 1. The highest BCUT2D eigenvalue weighted by Gasteiger charge is 2.19. The molecule has 1 fully saturated rings. The first-order valence-corrected chi connectivity index (χ1v) is 9.52. The van der Waals surface area contributed by atoms with Gasteiger partial charge in [0.05, 0.1) is 0 Å². The van der Waals surface area contributed by atoms with E-state index in [4.69, 9.17) is 0 Å². The van der Waals surface area contributed by atoms with Crippen LogP contribution in [0.1, 0.15) is 24.8 Å². The average molecular weight is 352 g/mol. The van der Waals surface area contributed by atoms with Gasteiger partial charge in [-0.3, -0.25) is 4.98 Å². The first-order valence-electron chi connectivity index (χ1n) is 9.52. The van der Waals surface area contributed by atoms with Gasteiger partial charge in [-0.15, -0.1) is 0 Å². The molecule has 0 saturated carbocycles. The van der Waals surface area contributed by atoms with E-state index in [1.807, 2.05) is 18.5 Å². The molecular formula is C21H28N4O. The van der Waals surface area contributed by atoms with Crippen LogP contribution >= 0.6 is 0 Å². The molecule has 0 unspecified atom stereocenters. The van der Waals surface area contributed by atoms with E-state index in [9.17, 15) is 4.79 Å². The number of aryl methyl sites for hydroxylation is 1. The van der Waals surface area contributed by atoms with Gasteiger partial charge in [0.2, 0.25) is 0 Å². The number of rotatable bonds is 7. The highest BCUT2D eigenvalue weighted by molar-refractivity contribution is 5.73. The summed E-state index contributed by atoms with van der Waals surface area (Å²) < 4.78 is 0. The zero-order chi connectivity index (χ0) is 18.0. The molecule has 1 aliphatic heterocycles. The zero-order valence-corrected chi connectivity index (χ0v) is 15.2. The molecule has 2 heterocycles. The lowest BCUT2D eigenvalue weighted by Crippen LogP contribution is -2.42. The number of carbonyl (C=O) groups is 1. The van der Waals surface area contributed by atoms with Crippen molar-refractivity contribution in [2.45, 2.75) is 25.7 Å². The van der Waals surface area contributed by atoms with Crippen LogP contribution in [0.2, 0.25) is 0 Å². The van der Waals surface area contributed by atoms with Crippen LogP contribution in [0.4, 0.5) is 10.5 Å². The first-order chi connectivity index (χ1) is 12.8. The summed E-state index contributed by atoms with van der Waals surface area (Å²) in [6, 6.07) is 14.4. The number of piperidine rings is 1. The van der Waals surface area contributed by atoms with E-state index < -0.39 is 0 Å². The molecule has 1 saturated heterocycles. The van der Waals surface area contributed by atoms with Gasteiger partial charge in [0.1, 0.15) is 0 Å². The minimum Gasteiger partial charge on any atom is -0.371 e. The summed E-state index contributed by atoms with van der Waals surface area (Å²) in [5.74, 6) is 0.558. The Morgan fingerprint density at radius 2 is 1.77 bits per heavy atom. The molecule has 5 heteroatoms. The van der Waals surface area contributed by atoms with Gasteiger partial charge < -0.3 is 15.5 Å². The normalized spacial score (nSPS) is 14.8. The molecular weight excluding hydrogens is 324 g/mol. The minimum atomic E-state index is -0.0466. The Morgan fingerprint density at radius 1 is 1.04 bits per heavy atom. The molecule has 0 aliphatic carbocycles. The van der Waals surface area contributed by atoms with E-state index in [-0.39, 0.29) is 6.03 Å². The van der Waals surface area contributed by atoms with Gasteiger partial charge in [-0.25, -0.2) is 4.79 Å². The monoisotopic (exact) mass is 352 g/mol. The Balaban J connectivity index is 1.27. The molecule has 0 atom stereocenters. The topological polar surface area (TPSA) is 57.3 Å². The van der Waals surface area contributed by atoms with Crippen molar-refractivity contribution < 1.29 is 4.79 Å². The summed E-state index contributed by atoms with van der Waals surface area (Å²) in [6.07, 6.45) is 7.85. The Morgan fingerprint density at radius 3 is 2.50 bits per heavy atom. The van der Waals surface area contributed by atoms with Gasteiger partial charge >= 0.3 is 6.03 Å². The molecule has 3 rings (SSSR count). The molecule has 1 aromatic heterocycles. The lowest BCUT2D eigenvalue weighted by Gasteiger charge is -2.33. The van der Waals surface area contributed by atoms with Crippen LogP contribution in [0.15, 0.2) is 54.9 Å². The Hall–Kier alpha value is -2.56. The first kappa shape index (κ1) is 18.2. The number of hydrogen-bond acceptors (Lipinski definition) is 3. The number of benzene rings is 1. The molecule has 0 bridgehead atoms. The van der Waals surface area contributed by atoms with Gasteiger partial charge in [0.25, 0.3) is 0 Å². The summed E-state index contributed by atoms with van der Waals surface area (Å²) >= 11 is 0. The van der Waals surface area contributed by atoms with Crippen molar-refractivity contribution in [3.63, 3.8) is 0 Å². The second-order valence-corrected chi connectivity index (χ2v) is 6.86. The van der Waals surface area contributed by atoms with Crippen molar-refractivity contribution in [2.24, 2.45) is 5.92 Å². The van der Waals surface area contributed by atoms with E-state index in [1.165, 1.54) is 11.3 Å². The highest BCUT2D eigenvalue weighted by atomic mass is 16.2. The second kappa shape index (κ2) is 9.80. The maximum atomic E-state index is 11.9. The van der Waals surface area contributed by atoms with Gasteiger partial charge in [0, 0.05) is 44.3 Å². The lowest BCUT2D eigenvalue weighted by molar-refractivity contribution is 0.237. The number of hydrogen-bond donors (Lipinski definition) is 2. The molecule has 2 aromatic rings. The van der Waals surface area contributed by atoms with Gasteiger partial charge in [-0.1, -0.05) is 30.3 Å². The molecule has 2 amide bonds. The van der Waals surface area contributed by atoms with Crippen molar-refractivity contribution in [3.8, 4) is 0 Å². The Labute approximate surface area is 155 Å². The van der Waals surface area contributed by atoms with Crippen molar-refractivity contribution in [1.29, 1.82) is 0 Å². The molecule has 26 heavy (non-hydrogen) atoms. The van der Waals surface area contributed by atoms with Crippen molar-refractivity contribution in [2.75, 3.05) is 31.1 Å². The number of nitrogens with zero attached hydrogens (tertiary/aromatic N) is 2. The molecule has 1 aromatic carbocycles. The fraction of sp³-hybridized carbons (Fsp3) is 0.429. The zero-order valence-electron chi connectivity index (χ0n) is 15.2. The van der Waals surface area contributed by atoms with E-state index in [2.05, 4.69) is 56.9 Å². The van der Waals surface area contributed by atoms with Crippen LogP contribution in [0.25, 0.3) is 0 Å². The highest BCUT2D eigenvalue weighted by Crippen LogP contribution is 2.22. The number of nitrogens with one attached hydrogen (secondary N) is 2. The summed E-state index contributed by atoms with van der Waals surface area (Å²) in [7, 11) is 0. The quantitative estimate of drug-likeness (QED) is 0.752. The van der Waals surface area contributed by atoms with Crippen LogP contribution in [0.3, 0.4) is 0 Å². The number of anilines is 1. The summed E-state index contributed by atoms with van der Waals surface area (Å²) in [6.45, 7) is 3.54. The third-order valence-corrected chi connectivity index (χ3v) is 4.96. The van der Waals surface area contributed by atoms with E-state index in [1.54, 1.807) is 0 Å². The molecule has 5 nitrogen and oxygen atoms in total. The van der Waals surface area contributed by atoms with Gasteiger partial charge in [-0.2, -0.15) is 0 Å². The lowest BCUT2D eigenvalue weighted by atomic mass is 9.96. The van der Waals surface area contributed by atoms with Crippen LogP contribution in [0.5, 0.6) is 0 Å².